The fraction of sp³-hybridized carbons (Fsp3) is 0.294. The summed E-state index contributed by atoms with van der Waals surface area (Å²) in [4.78, 5) is 0. The van der Waals surface area contributed by atoms with E-state index in [4.69, 9.17) is 4.74 Å². The maximum Gasteiger partial charge on any atom is 0.134 e. The zero-order valence-corrected chi connectivity index (χ0v) is 12.4. The molecule has 2 rings (SSSR count). The van der Waals surface area contributed by atoms with Gasteiger partial charge in [0.2, 0.25) is 0 Å². The Morgan fingerprint density at radius 3 is 2.45 bits per heavy atom. The number of hydrogen-bond donors (Lipinski definition) is 1. The van der Waals surface area contributed by atoms with Crippen LogP contribution >= 0.6 is 0 Å². The Labute approximate surface area is 119 Å². The van der Waals surface area contributed by atoms with Gasteiger partial charge in [0.1, 0.15) is 17.3 Å². The van der Waals surface area contributed by atoms with Gasteiger partial charge < -0.3 is 10.1 Å². The zero-order valence-electron chi connectivity index (χ0n) is 12.4. The predicted molar refractivity (Wildman–Crippen MR) is 79.9 cm³/mol. The van der Waals surface area contributed by atoms with E-state index >= 15 is 0 Å². The predicted octanol–water partition coefficient (Wildman–Crippen LogP) is 4.26. The Kier molecular flexibility index (Phi) is 4.40. The lowest BCUT2D eigenvalue weighted by Crippen LogP contribution is -2.09. The smallest absolute Gasteiger partial charge is 0.134 e. The van der Waals surface area contributed by atoms with Gasteiger partial charge in [0.05, 0.1) is 0 Å². The van der Waals surface area contributed by atoms with E-state index in [0.29, 0.717) is 17.9 Å². The minimum absolute atomic E-state index is 0.250. The monoisotopic (exact) mass is 273 g/mol. The molecule has 0 bridgehead atoms. The van der Waals surface area contributed by atoms with Gasteiger partial charge in [0.15, 0.2) is 0 Å². The normalized spacial score (nSPS) is 10.7. The van der Waals surface area contributed by atoms with Crippen molar-refractivity contribution >= 4 is 0 Å². The molecule has 0 unspecified atom stereocenters. The van der Waals surface area contributed by atoms with E-state index in [-0.39, 0.29) is 5.82 Å². The molecule has 0 saturated heterocycles. The first kappa shape index (κ1) is 14.5. The molecule has 20 heavy (non-hydrogen) atoms. The highest BCUT2D eigenvalue weighted by Crippen LogP contribution is 2.33. The molecule has 0 radical (unpaired) electrons. The number of ether oxygens (including phenoxy) is 1. The molecule has 2 aromatic carbocycles. The number of rotatable bonds is 4. The van der Waals surface area contributed by atoms with Crippen molar-refractivity contribution in [2.75, 3.05) is 7.05 Å². The molecule has 106 valence electrons. The number of hydrogen-bond acceptors (Lipinski definition) is 2. The summed E-state index contributed by atoms with van der Waals surface area (Å²) in [5, 5.41) is 2.97. The van der Waals surface area contributed by atoms with E-state index in [1.54, 1.807) is 19.2 Å². The van der Waals surface area contributed by atoms with Crippen LogP contribution in [0.15, 0.2) is 30.3 Å². The van der Waals surface area contributed by atoms with Crippen LogP contribution in [0, 0.1) is 26.6 Å². The van der Waals surface area contributed by atoms with Crippen LogP contribution < -0.4 is 10.1 Å². The van der Waals surface area contributed by atoms with Gasteiger partial charge in [-0.15, -0.1) is 0 Å². The van der Waals surface area contributed by atoms with E-state index in [1.807, 2.05) is 26.8 Å². The Balaban J connectivity index is 2.45. The average Bonchev–Trinajstić information content (AvgIpc) is 2.43. The Morgan fingerprint density at radius 2 is 1.75 bits per heavy atom. The molecular weight excluding hydrogens is 253 g/mol. The molecule has 0 heterocycles. The lowest BCUT2D eigenvalue weighted by Gasteiger charge is -2.16. The maximum atomic E-state index is 13.9. The van der Waals surface area contributed by atoms with Gasteiger partial charge in [-0.25, -0.2) is 4.39 Å². The molecule has 0 atom stereocenters. The second-order valence-electron chi connectivity index (χ2n) is 5.00. The highest BCUT2D eigenvalue weighted by Gasteiger charge is 2.13. The van der Waals surface area contributed by atoms with Crippen molar-refractivity contribution in [3.63, 3.8) is 0 Å². The molecule has 2 aromatic rings. The second-order valence-corrected chi connectivity index (χ2v) is 5.00. The first-order valence-corrected chi connectivity index (χ1v) is 6.71. The maximum absolute atomic E-state index is 13.9. The van der Waals surface area contributed by atoms with Crippen LogP contribution in [0.2, 0.25) is 0 Å². The molecule has 0 amide bonds. The van der Waals surface area contributed by atoms with E-state index < -0.39 is 0 Å². The molecule has 0 aliphatic heterocycles. The summed E-state index contributed by atoms with van der Waals surface area (Å²) in [6.07, 6.45) is 0. The van der Waals surface area contributed by atoms with Gasteiger partial charge in [0, 0.05) is 12.1 Å². The standard InChI is InChI=1S/C17H20FNO/c1-11-8-9-12(2)17(13(11)3)20-16-7-5-6-15(18)14(16)10-19-4/h5-9,19H,10H2,1-4H3. The molecule has 0 aliphatic carbocycles. The average molecular weight is 273 g/mol. The third-order valence-corrected chi connectivity index (χ3v) is 3.52. The van der Waals surface area contributed by atoms with Crippen molar-refractivity contribution in [1.29, 1.82) is 0 Å². The fourth-order valence-electron chi connectivity index (χ4n) is 2.18. The highest BCUT2D eigenvalue weighted by molar-refractivity contribution is 5.48. The minimum Gasteiger partial charge on any atom is -0.456 e. The molecule has 0 aliphatic rings. The van der Waals surface area contributed by atoms with Crippen LogP contribution in [-0.2, 0) is 6.54 Å². The van der Waals surface area contributed by atoms with Crippen molar-refractivity contribution in [2.45, 2.75) is 27.3 Å². The number of benzene rings is 2. The van der Waals surface area contributed by atoms with Crippen LogP contribution in [0.5, 0.6) is 11.5 Å². The van der Waals surface area contributed by atoms with Gasteiger partial charge in [-0.05, 0) is 56.6 Å². The summed E-state index contributed by atoms with van der Waals surface area (Å²) in [5.41, 5.74) is 3.85. The molecule has 3 heteroatoms. The van der Waals surface area contributed by atoms with E-state index in [2.05, 4.69) is 11.4 Å². The van der Waals surface area contributed by atoms with E-state index in [9.17, 15) is 4.39 Å². The van der Waals surface area contributed by atoms with E-state index in [1.165, 1.54) is 6.07 Å². The van der Waals surface area contributed by atoms with Gasteiger partial charge in [-0.3, -0.25) is 0 Å². The van der Waals surface area contributed by atoms with Crippen LogP contribution in [0.1, 0.15) is 22.3 Å². The topological polar surface area (TPSA) is 21.3 Å². The van der Waals surface area contributed by atoms with E-state index in [0.717, 1.165) is 22.4 Å². The summed E-state index contributed by atoms with van der Waals surface area (Å²) in [6, 6.07) is 9.02. The number of nitrogens with one attached hydrogen (secondary N) is 1. The molecular formula is C17H20FNO. The zero-order chi connectivity index (χ0) is 14.7. The van der Waals surface area contributed by atoms with Crippen LogP contribution in [0.25, 0.3) is 0 Å². The molecule has 1 N–H and O–H groups in total. The summed E-state index contributed by atoms with van der Waals surface area (Å²) in [7, 11) is 1.79. The summed E-state index contributed by atoms with van der Waals surface area (Å²) in [5.74, 6) is 1.13. The Bertz CT molecular complexity index is 623. The lowest BCUT2D eigenvalue weighted by molar-refractivity contribution is 0.457. The first-order valence-electron chi connectivity index (χ1n) is 6.71. The van der Waals surface area contributed by atoms with Crippen LogP contribution in [-0.4, -0.2) is 7.05 Å². The number of aryl methyl sites for hydroxylation is 2. The van der Waals surface area contributed by atoms with Crippen molar-refractivity contribution < 1.29 is 9.13 Å². The van der Waals surface area contributed by atoms with Gasteiger partial charge >= 0.3 is 0 Å². The fourth-order valence-corrected chi connectivity index (χ4v) is 2.18. The third kappa shape index (κ3) is 2.83. The lowest BCUT2D eigenvalue weighted by atomic mass is 10.1. The minimum atomic E-state index is -0.250. The van der Waals surface area contributed by atoms with Crippen molar-refractivity contribution in [1.82, 2.24) is 5.32 Å². The molecule has 0 fully saturated rings. The second kappa shape index (κ2) is 6.06. The highest BCUT2D eigenvalue weighted by atomic mass is 19.1. The molecule has 0 spiro atoms. The molecule has 0 saturated carbocycles. The first-order chi connectivity index (χ1) is 9.54. The Hall–Kier alpha value is -1.87. The van der Waals surface area contributed by atoms with Crippen molar-refractivity contribution in [3.8, 4) is 11.5 Å². The summed E-state index contributed by atoms with van der Waals surface area (Å²) in [6.45, 7) is 6.50. The summed E-state index contributed by atoms with van der Waals surface area (Å²) >= 11 is 0. The Morgan fingerprint density at radius 1 is 1.05 bits per heavy atom. The number of halogens is 1. The summed E-state index contributed by atoms with van der Waals surface area (Å²) < 4.78 is 19.9. The quantitative estimate of drug-likeness (QED) is 0.898. The van der Waals surface area contributed by atoms with Gasteiger partial charge in [-0.1, -0.05) is 18.2 Å². The third-order valence-electron chi connectivity index (χ3n) is 3.52. The SMILES string of the molecule is CNCc1c(F)cccc1Oc1c(C)ccc(C)c1C. The van der Waals surface area contributed by atoms with Gasteiger partial charge in [0.25, 0.3) is 0 Å². The largest absolute Gasteiger partial charge is 0.456 e. The van der Waals surface area contributed by atoms with Crippen LogP contribution in [0.4, 0.5) is 4.39 Å². The van der Waals surface area contributed by atoms with Crippen molar-refractivity contribution in [3.05, 3.63) is 58.4 Å². The molecule has 0 aromatic heterocycles. The molecule has 2 nitrogen and oxygen atoms in total. The van der Waals surface area contributed by atoms with Gasteiger partial charge in [-0.2, -0.15) is 0 Å². The van der Waals surface area contributed by atoms with Crippen LogP contribution in [0.3, 0.4) is 0 Å². The van der Waals surface area contributed by atoms with Crippen molar-refractivity contribution in [2.24, 2.45) is 0 Å².